The first kappa shape index (κ1) is 42.9. The Balaban J connectivity index is 2.23. The topological polar surface area (TPSA) is 130 Å². The smallest absolute Gasteiger partial charge is 0.266 e. The Morgan fingerprint density at radius 1 is 0.980 bits per heavy atom. The summed E-state index contributed by atoms with van der Waals surface area (Å²) in [7, 11) is 6.48. The van der Waals surface area contributed by atoms with E-state index in [0.29, 0.717) is 18.7 Å². The van der Waals surface area contributed by atoms with Crippen LogP contribution in [0.5, 0.6) is 0 Å². The summed E-state index contributed by atoms with van der Waals surface area (Å²) in [6.07, 6.45) is 1.97. The molecule has 0 radical (unpaired) electrons. The van der Waals surface area contributed by atoms with E-state index < -0.39 is 30.2 Å². The van der Waals surface area contributed by atoms with Gasteiger partial charge < -0.3 is 29.9 Å². The number of hydrogen-bond donors (Lipinski definition) is 2. The lowest BCUT2D eigenvalue weighted by molar-refractivity contribution is -0.147. The van der Waals surface area contributed by atoms with Crippen LogP contribution in [-0.4, -0.2) is 110 Å². The minimum Gasteiger partial charge on any atom is -0.379 e. The highest BCUT2D eigenvalue weighted by Gasteiger charge is 2.43. The number of nitrogens with one attached hydrogen (secondary N) is 2. The monoisotopic (exact) mass is 699 g/mol. The first-order valence-corrected chi connectivity index (χ1v) is 18.4. The minimum atomic E-state index is -0.781. The predicted molar refractivity (Wildman–Crippen MR) is 199 cm³/mol. The van der Waals surface area contributed by atoms with E-state index in [-0.39, 0.29) is 59.9 Å². The predicted octanol–water partition coefficient (Wildman–Crippen LogP) is 4.52. The maximum atomic E-state index is 14.1. The fourth-order valence-corrected chi connectivity index (χ4v) is 7.27. The quantitative estimate of drug-likeness (QED) is 0.205. The van der Waals surface area contributed by atoms with E-state index in [0.717, 1.165) is 24.8 Å². The Kier molecular flexibility index (Phi) is 17.6. The third-order valence-electron chi connectivity index (χ3n) is 10.3. The normalized spacial score (nSPS) is 19.4. The lowest BCUT2D eigenvalue weighted by atomic mass is 9.89. The molecule has 11 heteroatoms. The Labute approximate surface area is 301 Å². The maximum Gasteiger partial charge on any atom is 0.266 e. The van der Waals surface area contributed by atoms with E-state index >= 15 is 0 Å². The van der Waals surface area contributed by atoms with E-state index in [1.54, 1.807) is 33.2 Å². The highest BCUT2D eigenvalue weighted by Crippen LogP contribution is 2.29. The summed E-state index contributed by atoms with van der Waals surface area (Å²) in [6.45, 7) is 16.1. The van der Waals surface area contributed by atoms with Gasteiger partial charge in [-0.05, 0) is 43.6 Å². The fourth-order valence-electron chi connectivity index (χ4n) is 7.27. The molecule has 0 aromatic heterocycles. The lowest BCUT2D eigenvalue weighted by Crippen LogP contribution is -2.58. The lowest BCUT2D eigenvalue weighted by Gasteiger charge is -2.41. The Bertz CT molecular complexity index is 1270. The van der Waals surface area contributed by atoms with Gasteiger partial charge >= 0.3 is 0 Å². The molecule has 282 valence electrons. The fraction of sp³-hybridized carbons (Fsp3) is 0.718. The maximum absolute atomic E-state index is 14.1. The molecule has 0 bridgehead atoms. The summed E-state index contributed by atoms with van der Waals surface area (Å²) in [5.74, 6) is -1.57. The molecule has 1 heterocycles. The van der Waals surface area contributed by atoms with Crippen molar-refractivity contribution < 1.29 is 28.7 Å². The highest BCUT2D eigenvalue weighted by atomic mass is 16.5. The van der Waals surface area contributed by atoms with Crippen LogP contribution < -0.4 is 10.6 Å². The molecule has 1 aromatic rings. The highest BCUT2D eigenvalue weighted by molar-refractivity contribution is 6.39. The van der Waals surface area contributed by atoms with E-state index in [4.69, 9.17) is 9.47 Å². The second kappa shape index (κ2) is 20.5. The van der Waals surface area contributed by atoms with Gasteiger partial charge in [-0.2, -0.15) is 0 Å². The molecule has 8 atom stereocenters. The van der Waals surface area contributed by atoms with Crippen molar-refractivity contribution in [1.29, 1.82) is 0 Å². The van der Waals surface area contributed by atoms with Crippen LogP contribution in [0.15, 0.2) is 35.3 Å². The standard InChI is InChI=1S/C39H65N5O6/c1-13-26(6)35(43(10)39(48)34(25(4)5)42-38(47)33(40-9)24(2)3)31(49-11)23-32(45)44-21-17-20-30(44)36(50-12)28(8)37(46)41-27(7)22-29-18-15-14-16-19-29/h14-16,18-19,24-28,30-31,34-36H,13,17,20-23H2,1-12H3,(H,41,46)(H,42,47)/t26-,27+,28+,30-,31+,34-,35?,36+/m0/s1. The number of likely N-dealkylation sites (N-methyl/N-ethyl adjacent to an activating group) is 1. The number of methoxy groups -OCH3 is 2. The molecular formula is C39H65N5O6. The van der Waals surface area contributed by atoms with Crippen molar-refractivity contribution in [3.8, 4) is 0 Å². The van der Waals surface area contributed by atoms with E-state index in [2.05, 4.69) is 15.6 Å². The van der Waals surface area contributed by atoms with Gasteiger partial charge in [0.2, 0.25) is 17.7 Å². The molecule has 0 spiro atoms. The van der Waals surface area contributed by atoms with Crippen molar-refractivity contribution in [1.82, 2.24) is 20.4 Å². The molecule has 0 aliphatic carbocycles. The summed E-state index contributed by atoms with van der Waals surface area (Å²) >= 11 is 0. The summed E-state index contributed by atoms with van der Waals surface area (Å²) in [6, 6.07) is 8.50. The number of benzene rings is 1. The number of nitrogens with zero attached hydrogens (tertiary/aromatic N) is 3. The Morgan fingerprint density at radius 3 is 2.14 bits per heavy atom. The van der Waals surface area contributed by atoms with Gasteiger partial charge in [0.25, 0.3) is 5.91 Å². The van der Waals surface area contributed by atoms with Gasteiger partial charge in [0, 0.05) is 46.8 Å². The number of hydrogen-bond acceptors (Lipinski definition) is 7. The summed E-state index contributed by atoms with van der Waals surface area (Å²) in [5, 5.41) is 6.07. The molecule has 1 aliphatic heterocycles. The molecule has 11 nitrogen and oxygen atoms in total. The number of ether oxygens (including phenoxy) is 2. The van der Waals surface area contributed by atoms with Crippen LogP contribution in [-0.2, 0) is 35.1 Å². The number of carbonyl (C=O) groups excluding carboxylic acids is 4. The third-order valence-corrected chi connectivity index (χ3v) is 10.3. The molecule has 1 unspecified atom stereocenters. The van der Waals surface area contributed by atoms with Gasteiger partial charge in [-0.15, -0.1) is 0 Å². The van der Waals surface area contributed by atoms with Crippen molar-refractivity contribution in [2.24, 2.45) is 28.7 Å². The van der Waals surface area contributed by atoms with Gasteiger partial charge in [0.1, 0.15) is 11.8 Å². The molecule has 2 N–H and O–H groups in total. The number of likely N-dealkylation sites (tertiary alicyclic amines) is 1. The van der Waals surface area contributed by atoms with Gasteiger partial charge in [0.05, 0.1) is 36.6 Å². The summed E-state index contributed by atoms with van der Waals surface area (Å²) in [5.41, 5.74) is 1.53. The zero-order valence-corrected chi connectivity index (χ0v) is 32.7. The van der Waals surface area contributed by atoms with Crippen LogP contribution in [0.1, 0.15) is 86.6 Å². The number of carbonyl (C=O) groups is 4. The van der Waals surface area contributed by atoms with Crippen molar-refractivity contribution in [2.75, 3.05) is 34.9 Å². The number of aliphatic imine (C=N–C) groups is 1. The van der Waals surface area contributed by atoms with Crippen molar-refractivity contribution in [2.45, 2.75) is 124 Å². The van der Waals surface area contributed by atoms with Gasteiger partial charge in [-0.25, -0.2) is 0 Å². The molecule has 0 saturated carbocycles. The molecule has 1 saturated heterocycles. The van der Waals surface area contributed by atoms with Crippen LogP contribution >= 0.6 is 0 Å². The summed E-state index contributed by atoms with van der Waals surface area (Å²) < 4.78 is 11.9. The van der Waals surface area contributed by atoms with Crippen LogP contribution in [0.25, 0.3) is 0 Å². The molecular weight excluding hydrogens is 634 g/mol. The largest absolute Gasteiger partial charge is 0.379 e. The zero-order chi connectivity index (χ0) is 37.7. The third kappa shape index (κ3) is 11.4. The molecule has 4 amide bonds. The molecule has 1 aromatic carbocycles. The van der Waals surface area contributed by atoms with Crippen molar-refractivity contribution >= 4 is 29.3 Å². The van der Waals surface area contributed by atoms with Gasteiger partial charge in [-0.3, -0.25) is 24.2 Å². The molecule has 1 fully saturated rings. The zero-order valence-electron chi connectivity index (χ0n) is 32.7. The van der Waals surface area contributed by atoms with E-state index in [1.165, 1.54) is 0 Å². The first-order chi connectivity index (χ1) is 23.6. The molecule has 1 aliphatic rings. The summed E-state index contributed by atoms with van der Waals surface area (Å²) in [4.78, 5) is 62.3. The van der Waals surface area contributed by atoms with Crippen LogP contribution in [0, 0.1) is 23.7 Å². The number of amides is 4. The Morgan fingerprint density at radius 2 is 1.62 bits per heavy atom. The average molecular weight is 700 g/mol. The van der Waals surface area contributed by atoms with Crippen molar-refractivity contribution in [3.63, 3.8) is 0 Å². The van der Waals surface area contributed by atoms with Crippen LogP contribution in [0.4, 0.5) is 0 Å². The first-order valence-electron chi connectivity index (χ1n) is 18.4. The second-order valence-corrected chi connectivity index (χ2v) is 14.6. The van der Waals surface area contributed by atoms with Gasteiger partial charge in [-0.1, -0.05) is 85.2 Å². The van der Waals surface area contributed by atoms with Gasteiger partial charge in [0.15, 0.2) is 0 Å². The minimum absolute atomic E-state index is 0.00339. The van der Waals surface area contributed by atoms with Crippen molar-refractivity contribution in [3.05, 3.63) is 35.9 Å². The SMILES string of the molecule is CC[C@H](C)C([C@@H](CC(=O)N1CCC[C@H]1[C@H](OC)[C@@H](C)C(=O)N[C@H](C)Cc1ccccc1)OC)N(C)C(=O)[C@@H](NC(=O)C(=NC)C(C)C)C(C)C. The molecule has 50 heavy (non-hydrogen) atoms. The van der Waals surface area contributed by atoms with E-state index in [1.807, 2.05) is 90.6 Å². The number of rotatable bonds is 19. The van der Waals surface area contributed by atoms with E-state index in [9.17, 15) is 19.2 Å². The van der Waals surface area contributed by atoms with Crippen LogP contribution in [0.3, 0.4) is 0 Å². The second-order valence-electron chi connectivity index (χ2n) is 14.6. The molecule has 2 rings (SSSR count). The average Bonchev–Trinajstić information content (AvgIpc) is 3.56. The van der Waals surface area contributed by atoms with Crippen LogP contribution in [0.2, 0.25) is 0 Å². The Hall–Kier alpha value is -3.31.